The molecule has 0 bridgehead atoms. The molecule has 132 valence electrons. The Balaban J connectivity index is 1.58. The zero-order valence-electron chi connectivity index (χ0n) is 15.3. The van der Waals surface area contributed by atoms with Crippen molar-refractivity contribution in [3.8, 4) is 11.1 Å². The first kappa shape index (κ1) is 14.6. The smallest absolute Gasteiger partial charge is 0.0535 e. The summed E-state index contributed by atoms with van der Waals surface area (Å²) in [5.74, 6) is 0. The van der Waals surface area contributed by atoms with Gasteiger partial charge in [-0.15, -0.1) is 0 Å². The Labute approximate surface area is 163 Å². The number of nitrogens with zero attached hydrogens (tertiary/aromatic N) is 3. The topological polar surface area (TPSA) is 29.0 Å². The number of fused-ring (bicyclic) bond motifs is 8. The van der Waals surface area contributed by atoms with E-state index in [4.69, 9.17) is 0 Å². The molecule has 0 radical (unpaired) electrons. The minimum Gasteiger partial charge on any atom is -0.309 e. The van der Waals surface area contributed by atoms with Crippen LogP contribution in [0.4, 0.5) is 17.1 Å². The lowest BCUT2D eigenvalue weighted by Gasteiger charge is -2.40. The highest BCUT2D eigenvalue weighted by molar-refractivity contribution is 5.93. The van der Waals surface area contributed by atoms with Gasteiger partial charge in [-0.25, -0.2) is 0 Å². The van der Waals surface area contributed by atoms with E-state index in [1.54, 1.807) is 0 Å². The molecule has 0 N–H and O–H groups in total. The van der Waals surface area contributed by atoms with Gasteiger partial charge in [-0.3, -0.25) is 9.97 Å². The monoisotopic (exact) mass is 359 g/mol. The van der Waals surface area contributed by atoms with Crippen LogP contribution < -0.4 is 4.90 Å². The van der Waals surface area contributed by atoms with Gasteiger partial charge in [0.1, 0.15) is 0 Å². The van der Waals surface area contributed by atoms with E-state index in [9.17, 15) is 0 Å². The van der Waals surface area contributed by atoms with Crippen molar-refractivity contribution in [3.05, 3.63) is 101 Å². The number of aromatic nitrogens is 2. The summed E-state index contributed by atoms with van der Waals surface area (Å²) in [5, 5.41) is 0. The minimum absolute atomic E-state index is 0.942. The van der Waals surface area contributed by atoms with Crippen molar-refractivity contribution in [1.29, 1.82) is 0 Å². The van der Waals surface area contributed by atoms with Crippen LogP contribution in [0.2, 0.25) is 0 Å². The Bertz CT molecular complexity index is 1290. The second kappa shape index (κ2) is 5.08. The van der Waals surface area contributed by atoms with Crippen LogP contribution in [-0.2, 0) is 19.3 Å². The molecular weight excluding hydrogens is 342 g/mol. The summed E-state index contributed by atoms with van der Waals surface area (Å²) in [5.41, 5.74) is 15.1. The summed E-state index contributed by atoms with van der Waals surface area (Å²) in [6, 6.07) is 15.6. The number of anilines is 3. The summed E-state index contributed by atoms with van der Waals surface area (Å²) in [4.78, 5) is 11.3. The zero-order valence-corrected chi connectivity index (χ0v) is 15.3. The Hall–Kier alpha value is -3.46. The molecule has 3 nitrogen and oxygen atoms in total. The molecule has 3 aliphatic rings. The van der Waals surface area contributed by atoms with Gasteiger partial charge in [0, 0.05) is 37.6 Å². The van der Waals surface area contributed by atoms with Crippen molar-refractivity contribution in [2.24, 2.45) is 0 Å². The van der Waals surface area contributed by atoms with Gasteiger partial charge in [-0.1, -0.05) is 24.3 Å². The van der Waals surface area contributed by atoms with Crippen molar-refractivity contribution >= 4 is 17.1 Å². The fraction of sp³-hybridized carbons (Fsp3) is 0.120. The molecule has 0 fully saturated rings. The van der Waals surface area contributed by atoms with Crippen molar-refractivity contribution in [2.45, 2.75) is 19.3 Å². The third-order valence-corrected chi connectivity index (χ3v) is 6.48. The molecule has 0 amide bonds. The average molecular weight is 359 g/mol. The van der Waals surface area contributed by atoms with Gasteiger partial charge < -0.3 is 4.90 Å². The van der Waals surface area contributed by atoms with Crippen LogP contribution in [0.25, 0.3) is 11.1 Å². The lowest BCUT2D eigenvalue weighted by Crippen LogP contribution is -2.25. The summed E-state index contributed by atoms with van der Waals surface area (Å²) in [7, 11) is 0. The molecule has 2 aliphatic heterocycles. The Morgan fingerprint density at radius 1 is 0.643 bits per heavy atom. The second-order valence-corrected chi connectivity index (χ2v) is 7.92. The maximum atomic E-state index is 4.43. The summed E-state index contributed by atoms with van der Waals surface area (Å²) in [6.45, 7) is 0. The third kappa shape index (κ3) is 1.74. The van der Waals surface area contributed by atoms with Crippen LogP contribution in [0.3, 0.4) is 0 Å². The van der Waals surface area contributed by atoms with Crippen molar-refractivity contribution < 1.29 is 0 Å². The lowest BCUT2D eigenvalue weighted by molar-refractivity contribution is 0.976. The summed E-state index contributed by atoms with van der Waals surface area (Å²) >= 11 is 0. The first-order valence-electron chi connectivity index (χ1n) is 9.80. The van der Waals surface area contributed by atoms with Crippen molar-refractivity contribution in [1.82, 2.24) is 9.97 Å². The van der Waals surface area contributed by atoms with Gasteiger partial charge in [0.25, 0.3) is 0 Å². The fourth-order valence-corrected chi connectivity index (χ4v) is 5.32. The highest BCUT2D eigenvalue weighted by Crippen LogP contribution is 2.54. The SMILES string of the molecule is c1ccc2c(c1)Cc1c-2cc2c3c1Cc1cnccc1N3c1ccncc1C2. The van der Waals surface area contributed by atoms with E-state index in [1.807, 2.05) is 24.8 Å². The van der Waals surface area contributed by atoms with Crippen LogP contribution in [0.15, 0.2) is 67.3 Å². The Morgan fingerprint density at radius 3 is 2.18 bits per heavy atom. The van der Waals surface area contributed by atoms with Crippen LogP contribution >= 0.6 is 0 Å². The van der Waals surface area contributed by atoms with Crippen LogP contribution in [0.5, 0.6) is 0 Å². The predicted octanol–water partition coefficient (Wildman–Crippen LogP) is 5.33. The minimum atomic E-state index is 0.942. The molecule has 3 heteroatoms. The van der Waals surface area contributed by atoms with Gasteiger partial charge in [-0.05, 0) is 69.1 Å². The van der Waals surface area contributed by atoms with E-state index in [0.29, 0.717) is 0 Å². The lowest BCUT2D eigenvalue weighted by atomic mass is 9.83. The molecule has 0 atom stereocenters. The number of rotatable bonds is 0. The molecule has 4 aromatic rings. The van der Waals surface area contributed by atoms with Gasteiger partial charge in [0.15, 0.2) is 0 Å². The average Bonchev–Trinajstić information content (AvgIpc) is 3.12. The normalized spacial score (nSPS) is 14.6. The molecule has 0 spiro atoms. The summed E-state index contributed by atoms with van der Waals surface area (Å²) in [6.07, 6.45) is 10.8. The van der Waals surface area contributed by atoms with Gasteiger partial charge in [0.2, 0.25) is 0 Å². The van der Waals surface area contributed by atoms with Crippen LogP contribution in [-0.4, -0.2) is 9.97 Å². The second-order valence-electron chi connectivity index (χ2n) is 7.92. The third-order valence-electron chi connectivity index (χ3n) is 6.48. The van der Waals surface area contributed by atoms with Crippen molar-refractivity contribution in [3.63, 3.8) is 0 Å². The maximum Gasteiger partial charge on any atom is 0.0535 e. The zero-order chi connectivity index (χ0) is 18.2. The first-order valence-corrected chi connectivity index (χ1v) is 9.80. The molecule has 4 heterocycles. The van der Waals surface area contributed by atoms with E-state index in [0.717, 1.165) is 19.3 Å². The number of benzene rings is 2. The van der Waals surface area contributed by atoms with E-state index < -0.39 is 0 Å². The highest BCUT2D eigenvalue weighted by atomic mass is 15.2. The molecule has 0 unspecified atom stereocenters. The predicted molar refractivity (Wildman–Crippen MR) is 111 cm³/mol. The van der Waals surface area contributed by atoms with Gasteiger partial charge in [0.05, 0.1) is 17.1 Å². The van der Waals surface area contributed by atoms with Gasteiger partial charge >= 0.3 is 0 Å². The van der Waals surface area contributed by atoms with Gasteiger partial charge in [-0.2, -0.15) is 0 Å². The molecule has 2 aromatic heterocycles. The van der Waals surface area contributed by atoms with Crippen LogP contribution in [0, 0.1) is 0 Å². The molecule has 0 saturated heterocycles. The largest absolute Gasteiger partial charge is 0.309 e. The Kier molecular flexibility index (Phi) is 2.64. The molecule has 28 heavy (non-hydrogen) atoms. The molecule has 7 rings (SSSR count). The van der Waals surface area contributed by atoms with E-state index >= 15 is 0 Å². The van der Waals surface area contributed by atoms with E-state index in [1.165, 1.54) is 61.6 Å². The Morgan fingerprint density at radius 2 is 1.36 bits per heavy atom. The molecule has 2 aromatic carbocycles. The van der Waals surface area contributed by atoms with Crippen LogP contribution in [0.1, 0.15) is 33.4 Å². The molecule has 0 saturated carbocycles. The number of hydrogen-bond donors (Lipinski definition) is 0. The maximum absolute atomic E-state index is 4.43. The standard InChI is InChI=1S/C25H17N3/c1-2-4-19-15(3-1)10-21-20(19)11-16-9-17-13-26-7-5-23(17)28-24-6-8-27-14-18(24)12-22(21)25(16)28/h1-8,11,13-14H,9-10,12H2. The number of pyridine rings is 2. The molecular formula is C25H17N3. The molecule has 1 aliphatic carbocycles. The fourth-order valence-electron chi connectivity index (χ4n) is 5.32. The van der Waals surface area contributed by atoms with Crippen molar-refractivity contribution in [2.75, 3.05) is 4.90 Å². The quantitative estimate of drug-likeness (QED) is 0.367. The van der Waals surface area contributed by atoms with E-state index in [-0.39, 0.29) is 0 Å². The highest BCUT2D eigenvalue weighted by Gasteiger charge is 2.35. The first-order chi connectivity index (χ1) is 13.9. The number of hydrogen-bond acceptors (Lipinski definition) is 3. The summed E-state index contributed by atoms with van der Waals surface area (Å²) < 4.78 is 0. The van der Waals surface area contributed by atoms with E-state index in [2.05, 4.69) is 57.3 Å².